The number of thiophene rings is 2. The predicted octanol–water partition coefficient (Wildman–Crippen LogP) is 3.62. The van der Waals surface area contributed by atoms with Crippen molar-refractivity contribution in [3.63, 3.8) is 0 Å². The van der Waals surface area contributed by atoms with E-state index >= 15 is 0 Å². The molecule has 2 aromatic rings. The quantitative estimate of drug-likeness (QED) is 0.879. The van der Waals surface area contributed by atoms with Crippen LogP contribution in [0.15, 0.2) is 34.3 Å². The second-order valence-corrected chi connectivity index (χ2v) is 5.70. The van der Waals surface area contributed by atoms with Crippen LogP contribution in [0.4, 0.5) is 0 Å². The van der Waals surface area contributed by atoms with Gasteiger partial charge in [0.05, 0.1) is 6.04 Å². The number of hydrogen-bond donors (Lipinski definition) is 1. The first-order valence-electron chi connectivity index (χ1n) is 5.59. The van der Waals surface area contributed by atoms with Crippen LogP contribution >= 0.6 is 22.7 Å². The van der Waals surface area contributed by atoms with Gasteiger partial charge >= 0.3 is 0 Å². The zero-order valence-electron chi connectivity index (χ0n) is 9.68. The lowest BCUT2D eigenvalue weighted by Crippen LogP contribution is -2.26. The molecule has 0 aliphatic rings. The van der Waals surface area contributed by atoms with Crippen LogP contribution in [0, 0.1) is 0 Å². The second-order valence-electron chi connectivity index (χ2n) is 3.94. The van der Waals surface area contributed by atoms with E-state index in [0.29, 0.717) is 6.42 Å². The van der Waals surface area contributed by atoms with Crippen molar-refractivity contribution >= 4 is 28.6 Å². The molecule has 0 bridgehead atoms. The third-order valence-corrected chi connectivity index (χ3v) is 4.36. The summed E-state index contributed by atoms with van der Waals surface area (Å²) in [6.45, 7) is 2.02. The van der Waals surface area contributed by atoms with Crippen LogP contribution in [0.25, 0.3) is 0 Å². The van der Waals surface area contributed by atoms with Crippen molar-refractivity contribution in [1.29, 1.82) is 0 Å². The summed E-state index contributed by atoms with van der Waals surface area (Å²) in [5, 5.41) is 9.19. The van der Waals surface area contributed by atoms with Crippen LogP contribution in [0.2, 0.25) is 0 Å². The van der Waals surface area contributed by atoms with Crippen LogP contribution in [-0.2, 0) is 11.2 Å². The molecule has 4 heteroatoms. The third-order valence-electron chi connectivity index (χ3n) is 2.57. The molecule has 1 atom stereocenters. The van der Waals surface area contributed by atoms with Crippen molar-refractivity contribution in [2.45, 2.75) is 25.8 Å². The maximum absolute atomic E-state index is 11.7. The fourth-order valence-electron chi connectivity index (χ4n) is 1.62. The summed E-state index contributed by atoms with van der Waals surface area (Å²) in [6, 6.07) is 6.24. The van der Waals surface area contributed by atoms with E-state index in [-0.39, 0.29) is 11.9 Å². The van der Waals surface area contributed by atoms with Crippen molar-refractivity contribution < 1.29 is 4.79 Å². The summed E-state index contributed by atoms with van der Waals surface area (Å²) in [5.41, 5.74) is 1.24. The van der Waals surface area contributed by atoms with Crippen molar-refractivity contribution in [1.82, 2.24) is 5.32 Å². The number of carbonyl (C=O) groups is 1. The summed E-state index contributed by atoms with van der Waals surface area (Å²) in [7, 11) is 0. The number of hydrogen-bond acceptors (Lipinski definition) is 3. The van der Waals surface area contributed by atoms with Gasteiger partial charge in [-0.1, -0.05) is 6.07 Å². The summed E-state index contributed by atoms with van der Waals surface area (Å²) in [4.78, 5) is 12.9. The number of carbonyl (C=O) groups excluding carboxylic acids is 1. The van der Waals surface area contributed by atoms with E-state index in [4.69, 9.17) is 0 Å². The normalized spacial score (nSPS) is 12.3. The average molecular weight is 265 g/mol. The van der Waals surface area contributed by atoms with Crippen LogP contribution < -0.4 is 5.32 Å². The van der Waals surface area contributed by atoms with Gasteiger partial charge in [-0.15, -0.1) is 11.3 Å². The molecule has 1 amide bonds. The van der Waals surface area contributed by atoms with E-state index in [1.807, 2.05) is 23.8 Å². The first-order valence-corrected chi connectivity index (χ1v) is 7.42. The average Bonchev–Trinajstić information content (AvgIpc) is 2.99. The van der Waals surface area contributed by atoms with Gasteiger partial charge in [0.2, 0.25) is 5.91 Å². The molecule has 0 radical (unpaired) electrons. The highest BCUT2D eigenvalue weighted by atomic mass is 32.1. The predicted molar refractivity (Wildman–Crippen MR) is 73.5 cm³/mol. The van der Waals surface area contributed by atoms with Crippen LogP contribution in [0.5, 0.6) is 0 Å². The fraction of sp³-hybridized carbons (Fsp3) is 0.308. The maximum atomic E-state index is 11.7. The van der Waals surface area contributed by atoms with E-state index in [9.17, 15) is 4.79 Å². The Kier molecular flexibility index (Phi) is 4.34. The summed E-state index contributed by atoms with van der Waals surface area (Å²) < 4.78 is 0. The lowest BCUT2D eigenvalue weighted by molar-refractivity contribution is -0.121. The molecule has 0 aliphatic heterocycles. The smallest absolute Gasteiger partial charge is 0.220 e. The highest BCUT2D eigenvalue weighted by Gasteiger charge is 2.10. The molecule has 0 aliphatic carbocycles. The molecule has 2 nitrogen and oxygen atoms in total. The van der Waals surface area contributed by atoms with Gasteiger partial charge in [-0.3, -0.25) is 4.79 Å². The topological polar surface area (TPSA) is 29.1 Å². The Balaban J connectivity index is 1.77. The highest BCUT2D eigenvalue weighted by Crippen LogP contribution is 2.18. The van der Waals surface area contributed by atoms with Crippen LogP contribution in [0.1, 0.15) is 29.8 Å². The first kappa shape index (κ1) is 12.3. The largest absolute Gasteiger partial charge is 0.349 e. The third kappa shape index (κ3) is 3.68. The molecule has 2 heterocycles. The zero-order chi connectivity index (χ0) is 12.1. The van der Waals surface area contributed by atoms with Gasteiger partial charge in [0.1, 0.15) is 0 Å². The minimum absolute atomic E-state index is 0.116. The standard InChI is InChI=1S/C13H15NOS2/c1-10(12-3-2-7-17-12)14-13(15)5-4-11-6-8-16-9-11/h2-3,6-10H,4-5H2,1H3,(H,14,15)/t10-/m0/s1. The molecule has 0 spiro atoms. The van der Waals surface area contributed by atoms with Gasteiger partial charge in [0.15, 0.2) is 0 Å². The van der Waals surface area contributed by atoms with Gasteiger partial charge in [-0.2, -0.15) is 11.3 Å². The molecular weight excluding hydrogens is 250 g/mol. The van der Waals surface area contributed by atoms with Crippen molar-refractivity contribution in [2.24, 2.45) is 0 Å². The number of aryl methyl sites for hydroxylation is 1. The minimum Gasteiger partial charge on any atom is -0.349 e. The molecular formula is C13H15NOS2. The lowest BCUT2D eigenvalue weighted by atomic mass is 10.2. The molecule has 90 valence electrons. The van der Waals surface area contributed by atoms with E-state index in [1.165, 1.54) is 10.4 Å². The summed E-state index contributed by atoms with van der Waals surface area (Å²) >= 11 is 3.35. The summed E-state index contributed by atoms with van der Waals surface area (Å²) in [6.07, 6.45) is 1.39. The van der Waals surface area contributed by atoms with Crippen LogP contribution in [-0.4, -0.2) is 5.91 Å². The van der Waals surface area contributed by atoms with Crippen molar-refractivity contribution in [3.8, 4) is 0 Å². The molecule has 2 rings (SSSR count). The first-order chi connectivity index (χ1) is 8.25. The Bertz CT molecular complexity index is 448. The Morgan fingerprint density at radius 3 is 2.94 bits per heavy atom. The SMILES string of the molecule is C[C@H](NC(=O)CCc1ccsc1)c1cccs1. The van der Waals surface area contributed by atoms with Gasteiger partial charge < -0.3 is 5.32 Å². The van der Waals surface area contributed by atoms with E-state index in [1.54, 1.807) is 22.7 Å². The van der Waals surface area contributed by atoms with Crippen LogP contribution in [0.3, 0.4) is 0 Å². The Morgan fingerprint density at radius 1 is 1.41 bits per heavy atom. The maximum Gasteiger partial charge on any atom is 0.220 e. The van der Waals surface area contributed by atoms with E-state index in [0.717, 1.165) is 6.42 Å². The second kappa shape index (κ2) is 5.98. The Labute approximate surface area is 109 Å². The van der Waals surface area contributed by atoms with E-state index in [2.05, 4.69) is 22.8 Å². The van der Waals surface area contributed by atoms with Gasteiger partial charge in [-0.05, 0) is 47.2 Å². The summed E-state index contributed by atoms with van der Waals surface area (Å²) in [5.74, 6) is 0.122. The van der Waals surface area contributed by atoms with Gasteiger partial charge in [0.25, 0.3) is 0 Å². The molecule has 0 fully saturated rings. The minimum atomic E-state index is 0.116. The Morgan fingerprint density at radius 2 is 2.29 bits per heavy atom. The molecule has 0 unspecified atom stereocenters. The monoisotopic (exact) mass is 265 g/mol. The molecule has 0 aromatic carbocycles. The van der Waals surface area contributed by atoms with Crippen molar-refractivity contribution in [2.75, 3.05) is 0 Å². The zero-order valence-corrected chi connectivity index (χ0v) is 11.3. The number of rotatable bonds is 5. The molecule has 2 aromatic heterocycles. The fourth-order valence-corrected chi connectivity index (χ4v) is 3.05. The molecule has 0 saturated carbocycles. The van der Waals surface area contributed by atoms with Gasteiger partial charge in [0, 0.05) is 11.3 Å². The highest BCUT2D eigenvalue weighted by molar-refractivity contribution is 7.10. The molecule has 0 saturated heterocycles. The molecule has 1 N–H and O–H groups in total. The lowest BCUT2D eigenvalue weighted by Gasteiger charge is -2.11. The number of nitrogens with one attached hydrogen (secondary N) is 1. The Hall–Kier alpha value is -1.13. The number of amides is 1. The molecule has 17 heavy (non-hydrogen) atoms. The van der Waals surface area contributed by atoms with Gasteiger partial charge in [-0.25, -0.2) is 0 Å². The van der Waals surface area contributed by atoms with Crippen molar-refractivity contribution in [3.05, 3.63) is 44.8 Å². The van der Waals surface area contributed by atoms with E-state index < -0.39 is 0 Å².